The van der Waals surface area contributed by atoms with Gasteiger partial charge in [0.15, 0.2) is 0 Å². The Hall–Kier alpha value is -1.29. The Morgan fingerprint density at radius 3 is 3.00 bits per heavy atom. The number of piperidine rings is 1. The third-order valence-electron chi connectivity index (χ3n) is 3.03. The molecule has 1 aliphatic rings. The predicted octanol–water partition coefficient (Wildman–Crippen LogP) is 2.67. The van der Waals surface area contributed by atoms with Crippen molar-refractivity contribution in [1.82, 2.24) is 4.98 Å². The van der Waals surface area contributed by atoms with Gasteiger partial charge in [0.05, 0.1) is 10.6 Å². The highest BCUT2D eigenvalue weighted by molar-refractivity contribution is 6.33. The molecule has 1 N–H and O–H groups in total. The first-order valence-corrected chi connectivity index (χ1v) is 6.09. The van der Waals surface area contributed by atoms with Crippen LogP contribution in [0.5, 0.6) is 0 Å². The van der Waals surface area contributed by atoms with Gasteiger partial charge in [0.1, 0.15) is 5.82 Å². The molecule has 0 aromatic carbocycles. The van der Waals surface area contributed by atoms with Gasteiger partial charge in [-0.1, -0.05) is 18.5 Å². The van der Waals surface area contributed by atoms with Crippen molar-refractivity contribution in [3.05, 3.63) is 22.8 Å². The summed E-state index contributed by atoms with van der Waals surface area (Å²) in [6.07, 6.45) is 3.71. The van der Waals surface area contributed by atoms with Gasteiger partial charge >= 0.3 is 5.97 Å². The molecule has 0 radical (unpaired) electrons. The van der Waals surface area contributed by atoms with Crippen molar-refractivity contribution in [2.45, 2.75) is 19.8 Å². The number of anilines is 1. The van der Waals surface area contributed by atoms with Crippen LogP contribution in [-0.4, -0.2) is 29.1 Å². The first kappa shape index (κ1) is 12.2. The second-order valence-corrected chi connectivity index (χ2v) is 4.94. The Bertz CT molecular complexity index is 437. The number of hydrogen-bond acceptors (Lipinski definition) is 3. The van der Waals surface area contributed by atoms with Crippen LogP contribution in [0.2, 0.25) is 5.02 Å². The van der Waals surface area contributed by atoms with E-state index < -0.39 is 5.97 Å². The minimum Gasteiger partial charge on any atom is -0.478 e. The third-order valence-corrected chi connectivity index (χ3v) is 3.30. The van der Waals surface area contributed by atoms with Gasteiger partial charge in [-0.05, 0) is 24.8 Å². The van der Waals surface area contributed by atoms with Gasteiger partial charge in [0.2, 0.25) is 0 Å². The molecule has 0 spiro atoms. The molecule has 1 fully saturated rings. The molecular formula is C12H15ClN2O2. The number of carboxylic acid groups (broad SMARTS) is 1. The fraction of sp³-hybridized carbons (Fsp3) is 0.500. The van der Waals surface area contributed by atoms with Crippen molar-refractivity contribution in [2.75, 3.05) is 18.0 Å². The van der Waals surface area contributed by atoms with Crippen molar-refractivity contribution in [1.29, 1.82) is 0 Å². The van der Waals surface area contributed by atoms with Crippen LogP contribution in [-0.2, 0) is 0 Å². The van der Waals surface area contributed by atoms with Crippen molar-refractivity contribution >= 4 is 23.4 Å². The minimum absolute atomic E-state index is 0.129. The normalized spacial score (nSPS) is 20.4. The molecule has 2 heterocycles. The van der Waals surface area contributed by atoms with E-state index in [1.807, 2.05) is 0 Å². The maximum Gasteiger partial charge on any atom is 0.337 e. The molecule has 1 unspecified atom stereocenters. The minimum atomic E-state index is -1.00. The Morgan fingerprint density at radius 1 is 1.65 bits per heavy atom. The molecule has 0 saturated carbocycles. The molecule has 92 valence electrons. The topological polar surface area (TPSA) is 53.4 Å². The number of rotatable bonds is 2. The molecule has 0 bridgehead atoms. The Balaban J connectivity index is 2.23. The quantitative estimate of drug-likeness (QED) is 0.882. The number of nitrogens with zero attached hydrogens (tertiary/aromatic N) is 2. The number of carboxylic acids is 1. The fourth-order valence-electron chi connectivity index (χ4n) is 2.16. The van der Waals surface area contributed by atoms with Crippen LogP contribution in [0.4, 0.5) is 5.82 Å². The number of hydrogen-bond donors (Lipinski definition) is 1. The summed E-state index contributed by atoms with van der Waals surface area (Å²) < 4.78 is 0. The highest BCUT2D eigenvalue weighted by Gasteiger charge is 2.20. The highest BCUT2D eigenvalue weighted by Crippen LogP contribution is 2.28. The summed E-state index contributed by atoms with van der Waals surface area (Å²) in [5.74, 6) is 0.321. The molecule has 1 aromatic rings. The van der Waals surface area contributed by atoms with Crippen LogP contribution in [0.15, 0.2) is 12.3 Å². The predicted molar refractivity (Wildman–Crippen MR) is 66.8 cm³/mol. The molecule has 5 heteroatoms. The summed E-state index contributed by atoms with van der Waals surface area (Å²) in [7, 11) is 0. The van der Waals surface area contributed by atoms with E-state index in [-0.39, 0.29) is 5.56 Å². The molecule has 1 saturated heterocycles. The zero-order chi connectivity index (χ0) is 12.4. The molecule has 1 atom stereocenters. The average Bonchev–Trinajstić information content (AvgIpc) is 2.28. The second-order valence-electron chi connectivity index (χ2n) is 4.53. The molecule has 4 nitrogen and oxygen atoms in total. The maximum atomic E-state index is 10.8. The largest absolute Gasteiger partial charge is 0.478 e. The van der Waals surface area contributed by atoms with Gasteiger partial charge in [0.25, 0.3) is 0 Å². The van der Waals surface area contributed by atoms with Gasteiger partial charge in [0, 0.05) is 19.3 Å². The maximum absolute atomic E-state index is 10.8. The first-order valence-electron chi connectivity index (χ1n) is 5.71. The third kappa shape index (κ3) is 2.69. The zero-order valence-corrected chi connectivity index (χ0v) is 10.4. The van der Waals surface area contributed by atoms with Crippen molar-refractivity contribution < 1.29 is 9.90 Å². The summed E-state index contributed by atoms with van der Waals surface area (Å²) >= 11 is 6.09. The van der Waals surface area contributed by atoms with Gasteiger partial charge in [-0.15, -0.1) is 0 Å². The van der Waals surface area contributed by atoms with Gasteiger partial charge < -0.3 is 10.0 Å². The smallest absolute Gasteiger partial charge is 0.337 e. The van der Waals surface area contributed by atoms with E-state index in [9.17, 15) is 4.79 Å². The van der Waals surface area contributed by atoms with E-state index in [0.717, 1.165) is 19.5 Å². The van der Waals surface area contributed by atoms with E-state index in [1.165, 1.54) is 18.7 Å². The van der Waals surface area contributed by atoms with Crippen molar-refractivity contribution in [2.24, 2.45) is 5.92 Å². The fourth-order valence-corrected chi connectivity index (χ4v) is 2.45. The van der Waals surface area contributed by atoms with E-state index in [4.69, 9.17) is 16.7 Å². The summed E-state index contributed by atoms with van der Waals surface area (Å²) in [5.41, 5.74) is 0.129. The Morgan fingerprint density at radius 2 is 2.41 bits per heavy atom. The SMILES string of the molecule is CC1CCCN(c2ncc(C(=O)O)cc2Cl)C1. The number of carbonyl (C=O) groups is 1. The van der Waals surface area contributed by atoms with E-state index in [0.29, 0.717) is 16.8 Å². The molecule has 0 amide bonds. The Kier molecular flexibility index (Phi) is 3.52. The van der Waals surface area contributed by atoms with Crippen LogP contribution in [0.3, 0.4) is 0 Å². The summed E-state index contributed by atoms with van der Waals surface area (Å²) in [6.45, 7) is 4.06. The van der Waals surface area contributed by atoms with Gasteiger partial charge in [-0.3, -0.25) is 0 Å². The average molecular weight is 255 g/mol. The summed E-state index contributed by atoms with van der Waals surface area (Å²) in [6, 6.07) is 1.46. The monoisotopic (exact) mass is 254 g/mol. The number of aromatic nitrogens is 1. The van der Waals surface area contributed by atoms with Gasteiger partial charge in [-0.2, -0.15) is 0 Å². The molecule has 2 rings (SSSR count). The van der Waals surface area contributed by atoms with E-state index in [2.05, 4.69) is 16.8 Å². The second kappa shape index (κ2) is 4.92. The van der Waals surface area contributed by atoms with Crippen molar-refractivity contribution in [3.8, 4) is 0 Å². The molecule has 1 aliphatic heterocycles. The Labute approximate surface area is 105 Å². The van der Waals surface area contributed by atoms with Crippen LogP contribution >= 0.6 is 11.6 Å². The standard InChI is InChI=1S/C12H15ClN2O2/c1-8-3-2-4-15(7-8)11-10(13)5-9(6-14-11)12(16)17/h5-6,8H,2-4,7H2,1H3,(H,16,17). The molecular weight excluding hydrogens is 240 g/mol. The van der Waals surface area contributed by atoms with Gasteiger partial charge in [-0.25, -0.2) is 9.78 Å². The molecule has 1 aromatic heterocycles. The molecule has 17 heavy (non-hydrogen) atoms. The number of aromatic carboxylic acids is 1. The summed E-state index contributed by atoms with van der Waals surface area (Å²) in [5, 5.41) is 9.26. The first-order chi connectivity index (χ1) is 8.08. The van der Waals surface area contributed by atoms with E-state index in [1.54, 1.807) is 0 Å². The lowest BCUT2D eigenvalue weighted by Crippen LogP contribution is -2.35. The highest BCUT2D eigenvalue weighted by atomic mass is 35.5. The van der Waals surface area contributed by atoms with Crippen LogP contribution < -0.4 is 4.90 Å². The molecule has 0 aliphatic carbocycles. The lowest BCUT2D eigenvalue weighted by molar-refractivity contribution is 0.0696. The van der Waals surface area contributed by atoms with Crippen LogP contribution in [0.1, 0.15) is 30.1 Å². The number of halogens is 1. The number of pyridine rings is 1. The summed E-state index contributed by atoms with van der Waals surface area (Å²) in [4.78, 5) is 17.1. The van der Waals surface area contributed by atoms with Crippen LogP contribution in [0.25, 0.3) is 0 Å². The van der Waals surface area contributed by atoms with E-state index >= 15 is 0 Å². The lowest BCUT2D eigenvalue weighted by atomic mass is 10.0. The lowest BCUT2D eigenvalue weighted by Gasteiger charge is -2.32. The zero-order valence-electron chi connectivity index (χ0n) is 9.69. The van der Waals surface area contributed by atoms with Crippen molar-refractivity contribution in [3.63, 3.8) is 0 Å². The van der Waals surface area contributed by atoms with Crippen LogP contribution in [0, 0.1) is 5.92 Å².